The van der Waals surface area contributed by atoms with Gasteiger partial charge in [0.05, 0.1) is 11.3 Å². The molecule has 4 heteroatoms. The van der Waals surface area contributed by atoms with Gasteiger partial charge in [-0.1, -0.05) is 20.8 Å². The molecule has 0 aliphatic heterocycles. The fraction of sp³-hybridized carbons (Fsp3) is 0.400. The predicted octanol–water partition coefficient (Wildman–Crippen LogP) is 2.68. The molecule has 0 saturated heterocycles. The molecule has 3 nitrogen and oxygen atoms in total. The molecule has 1 N–H and O–H groups in total. The Morgan fingerprint density at radius 1 is 1.50 bits per heavy atom. The molecular formula is C10H12INO2. The van der Waals surface area contributed by atoms with Crippen molar-refractivity contribution in [2.45, 2.75) is 26.2 Å². The Balaban J connectivity index is 3.37. The van der Waals surface area contributed by atoms with Gasteiger partial charge in [-0.15, -0.1) is 0 Å². The molecule has 0 unspecified atom stereocenters. The Kier molecular flexibility index (Phi) is 3.14. The fourth-order valence-electron chi connectivity index (χ4n) is 1.20. The van der Waals surface area contributed by atoms with Crippen LogP contribution in [0.2, 0.25) is 0 Å². The van der Waals surface area contributed by atoms with Gasteiger partial charge in [-0.05, 0) is 28.7 Å². The van der Waals surface area contributed by atoms with Crippen LogP contribution in [0.3, 0.4) is 0 Å². The van der Waals surface area contributed by atoms with E-state index in [0.717, 1.165) is 3.57 Å². The van der Waals surface area contributed by atoms with Crippen molar-refractivity contribution in [2.75, 3.05) is 0 Å². The SMILES string of the molecule is CC(C)(C)c1ncc(I)cc1C(=O)O. The van der Waals surface area contributed by atoms with E-state index in [0.29, 0.717) is 11.3 Å². The first-order valence-corrected chi connectivity index (χ1v) is 5.29. The summed E-state index contributed by atoms with van der Waals surface area (Å²) in [6, 6.07) is 1.65. The van der Waals surface area contributed by atoms with Crippen LogP contribution in [-0.4, -0.2) is 16.1 Å². The number of nitrogens with zero attached hydrogens (tertiary/aromatic N) is 1. The quantitative estimate of drug-likeness (QED) is 0.812. The van der Waals surface area contributed by atoms with Crippen LogP contribution >= 0.6 is 22.6 Å². The highest BCUT2D eigenvalue weighted by molar-refractivity contribution is 14.1. The van der Waals surface area contributed by atoms with Crippen LogP contribution in [0.25, 0.3) is 0 Å². The normalized spacial score (nSPS) is 11.4. The first-order chi connectivity index (χ1) is 6.32. The molecule has 0 atom stereocenters. The lowest BCUT2D eigenvalue weighted by atomic mass is 9.88. The van der Waals surface area contributed by atoms with Crippen molar-refractivity contribution in [1.29, 1.82) is 0 Å². The summed E-state index contributed by atoms with van der Waals surface area (Å²) in [6.07, 6.45) is 1.69. The van der Waals surface area contributed by atoms with E-state index in [1.54, 1.807) is 12.3 Å². The number of halogens is 1. The van der Waals surface area contributed by atoms with Crippen molar-refractivity contribution in [3.63, 3.8) is 0 Å². The zero-order valence-corrected chi connectivity index (χ0v) is 10.5. The number of carboxylic acids is 1. The van der Waals surface area contributed by atoms with Gasteiger partial charge in [0.1, 0.15) is 0 Å². The zero-order valence-electron chi connectivity index (χ0n) is 8.34. The van der Waals surface area contributed by atoms with Crippen LogP contribution in [0.4, 0.5) is 0 Å². The van der Waals surface area contributed by atoms with E-state index in [1.807, 2.05) is 20.8 Å². The van der Waals surface area contributed by atoms with Crippen LogP contribution in [0.15, 0.2) is 12.3 Å². The number of pyridine rings is 1. The van der Waals surface area contributed by atoms with Gasteiger partial charge in [0.25, 0.3) is 0 Å². The highest BCUT2D eigenvalue weighted by Crippen LogP contribution is 2.24. The Morgan fingerprint density at radius 3 is 2.50 bits per heavy atom. The van der Waals surface area contributed by atoms with E-state index in [2.05, 4.69) is 27.6 Å². The lowest BCUT2D eigenvalue weighted by molar-refractivity contribution is 0.0693. The second-order valence-corrected chi connectivity index (χ2v) is 5.35. The number of hydrogen-bond acceptors (Lipinski definition) is 2. The zero-order chi connectivity index (χ0) is 10.9. The molecule has 1 heterocycles. The lowest BCUT2D eigenvalue weighted by Crippen LogP contribution is -2.19. The Labute approximate surface area is 96.7 Å². The van der Waals surface area contributed by atoms with Gasteiger partial charge in [0.2, 0.25) is 0 Å². The number of aromatic carboxylic acids is 1. The van der Waals surface area contributed by atoms with Gasteiger partial charge in [-0.3, -0.25) is 4.98 Å². The van der Waals surface area contributed by atoms with Crippen molar-refractivity contribution in [1.82, 2.24) is 4.98 Å². The molecule has 0 amide bonds. The molecule has 1 rings (SSSR count). The molecule has 0 aliphatic carbocycles. The number of aromatic nitrogens is 1. The largest absolute Gasteiger partial charge is 0.478 e. The summed E-state index contributed by atoms with van der Waals surface area (Å²) in [7, 11) is 0. The van der Waals surface area contributed by atoms with E-state index in [1.165, 1.54) is 0 Å². The second-order valence-electron chi connectivity index (χ2n) is 4.10. The van der Waals surface area contributed by atoms with E-state index in [4.69, 9.17) is 5.11 Å². The maximum absolute atomic E-state index is 11.0. The van der Waals surface area contributed by atoms with Crippen LogP contribution in [0, 0.1) is 3.57 Å². The summed E-state index contributed by atoms with van der Waals surface area (Å²) in [5, 5.41) is 9.01. The van der Waals surface area contributed by atoms with Crippen molar-refractivity contribution in [2.24, 2.45) is 0 Å². The molecule has 0 aliphatic rings. The van der Waals surface area contributed by atoms with Crippen molar-refractivity contribution in [3.05, 3.63) is 27.1 Å². The third-order valence-electron chi connectivity index (χ3n) is 1.80. The van der Waals surface area contributed by atoms with Gasteiger partial charge >= 0.3 is 5.97 Å². The molecule has 76 valence electrons. The third-order valence-corrected chi connectivity index (χ3v) is 2.39. The summed E-state index contributed by atoms with van der Waals surface area (Å²) in [5.41, 5.74) is 0.688. The van der Waals surface area contributed by atoms with Crippen molar-refractivity contribution >= 4 is 28.6 Å². The van der Waals surface area contributed by atoms with Crippen LogP contribution < -0.4 is 0 Å². The molecule has 1 aromatic rings. The maximum atomic E-state index is 11.0. The summed E-state index contributed by atoms with van der Waals surface area (Å²) < 4.78 is 0.841. The monoisotopic (exact) mass is 305 g/mol. The third kappa shape index (κ3) is 2.43. The van der Waals surface area contributed by atoms with E-state index < -0.39 is 5.97 Å². The number of hydrogen-bond donors (Lipinski definition) is 1. The minimum Gasteiger partial charge on any atom is -0.478 e. The first kappa shape index (κ1) is 11.4. The molecule has 0 saturated carbocycles. The molecule has 0 spiro atoms. The standard InChI is InChI=1S/C10H12INO2/c1-10(2,3)8-7(9(13)14)4-6(11)5-12-8/h4-5H,1-3H3,(H,13,14). The molecule has 0 bridgehead atoms. The second kappa shape index (κ2) is 3.84. The Morgan fingerprint density at radius 2 is 2.07 bits per heavy atom. The lowest BCUT2D eigenvalue weighted by Gasteiger charge is -2.19. The van der Waals surface area contributed by atoms with E-state index >= 15 is 0 Å². The summed E-state index contributed by atoms with van der Waals surface area (Å²) in [5.74, 6) is -0.916. The number of carboxylic acid groups (broad SMARTS) is 1. The summed E-state index contributed by atoms with van der Waals surface area (Å²) in [4.78, 5) is 15.2. The average molecular weight is 305 g/mol. The van der Waals surface area contributed by atoms with Gasteiger partial charge in [0.15, 0.2) is 0 Å². The maximum Gasteiger partial charge on any atom is 0.337 e. The molecule has 0 aromatic carbocycles. The van der Waals surface area contributed by atoms with Crippen molar-refractivity contribution in [3.8, 4) is 0 Å². The fourth-order valence-corrected chi connectivity index (χ4v) is 1.65. The first-order valence-electron chi connectivity index (χ1n) is 4.21. The Hall–Kier alpha value is -0.650. The predicted molar refractivity (Wildman–Crippen MR) is 62.6 cm³/mol. The molecule has 14 heavy (non-hydrogen) atoms. The topological polar surface area (TPSA) is 50.2 Å². The number of rotatable bonds is 1. The molecular weight excluding hydrogens is 293 g/mol. The minimum absolute atomic E-state index is 0.238. The molecule has 0 fully saturated rings. The van der Waals surface area contributed by atoms with Gasteiger partial charge in [0, 0.05) is 15.2 Å². The Bertz CT molecular complexity index is 369. The van der Waals surface area contributed by atoms with E-state index in [9.17, 15) is 4.79 Å². The van der Waals surface area contributed by atoms with Gasteiger partial charge in [-0.2, -0.15) is 0 Å². The van der Waals surface area contributed by atoms with Crippen LogP contribution in [-0.2, 0) is 5.41 Å². The van der Waals surface area contributed by atoms with E-state index in [-0.39, 0.29) is 5.41 Å². The van der Waals surface area contributed by atoms with Gasteiger partial charge in [-0.25, -0.2) is 4.79 Å². The average Bonchev–Trinajstić information content (AvgIpc) is 2.01. The molecule has 1 aromatic heterocycles. The van der Waals surface area contributed by atoms with Gasteiger partial charge < -0.3 is 5.11 Å². The number of carbonyl (C=O) groups is 1. The van der Waals surface area contributed by atoms with Crippen molar-refractivity contribution < 1.29 is 9.90 Å². The summed E-state index contributed by atoms with van der Waals surface area (Å²) >= 11 is 2.06. The highest BCUT2D eigenvalue weighted by atomic mass is 127. The highest BCUT2D eigenvalue weighted by Gasteiger charge is 2.23. The van der Waals surface area contributed by atoms with Crippen LogP contribution in [0.1, 0.15) is 36.8 Å². The van der Waals surface area contributed by atoms with Crippen LogP contribution in [0.5, 0.6) is 0 Å². The smallest absolute Gasteiger partial charge is 0.337 e. The minimum atomic E-state index is -0.916. The summed E-state index contributed by atoms with van der Waals surface area (Å²) in [6.45, 7) is 5.86. The molecule has 0 radical (unpaired) electrons.